The third kappa shape index (κ3) is 1.16. The minimum atomic E-state index is 0.655. The van der Waals surface area contributed by atoms with Crippen molar-refractivity contribution in [2.75, 3.05) is 0 Å². The van der Waals surface area contributed by atoms with Crippen LogP contribution in [0.2, 0.25) is 0 Å². The summed E-state index contributed by atoms with van der Waals surface area (Å²) < 4.78 is 0. The van der Waals surface area contributed by atoms with Crippen molar-refractivity contribution in [2.45, 2.75) is 6.92 Å². The van der Waals surface area contributed by atoms with Gasteiger partial charge in [0.15, 0.2) is 5.82 Å². The van der Waals surface area contributed by atoms with E-state index in [0.29, 0.717) is 5.82 Å². The van der Waals surface area contributed by atoms with Gasteiger partial charge in [-0.2, -0.15) is 15.3 Å². The molecule has 0 saturated carbocycles. The van der Waals surface area contributed by atoms with Crippen molar-refractivity contribution in [3.63, 3.8) is 0 Å². The van der Waals surface area contributed by atoms with E-state index in [1.165, 1.54) is 0 Å². The quantitative estimate of drug-likeness (QED) is 0.663. The summed E-state index contributed by atoms with van der Waals surface area (Å²) in [5.74, 6) is 1.45. The van der Waals surface area contributed by atoms with Gasteiger partial charge in [-0.25, -0.2) is 4.98 Å². The Morgan fingerprint density at radius 2 is 2.25 bits per heavy atom. The van der Waals surface area contributed by atoms with Gasteiger partial charge in [-0.15, -0.1) is 0 Å². The standard InChI is InChI=1S/C7H7N5/c1-5-10-7(12-11-5)6-2-3-8-9-4-6/h2-4H,1H3,(H,10,11,12). The van der Waals surface area contributed by atoms with Crippen LogP contribution in [0.15, 0.2) is 18.5 Å². The van der Waals surface area contributed by atoms with E-state index >= 15 is 0 Å². The lowest BCUT2D eigenvalue weighted by Gasteiger charge is -1.89. The number of hydrogen-bond donors (Lipinski definition) is 1. The molecule has 0 aliphatic rings. The van der Waals surface area contributed by atoms with Crippen LogP contribution in [-0.2, 0) is 0 Å². The highest BCUT2D eigenvalue weighted by atomic mass is 15.2. The van der Waals surface area contributed by atoms with Gasteiger partial charge in [0, 0.05) is 5.56 Å². The van der Waals surface area contributed by atoms with E-state index in [2.05, 4.69) is 25.4 Å². The first-order chi connectivity index (χ1) is 5.86. The molecule has 1 N–H and O–H groups in total. The van der Waals surface area contributed by atoms with Crippen LogP contribution >= 0.6 is 0 Å². The zero-order valence-corrected chi connectivity index (χ0v) is 6.52. The second-order valence-corrected chi connectivity index (χ2v) is 2.38. The van der Waals surface area contributed by atoms with Crippen LogP contribution in [-0.4, -0.2) is 25.4 Å². The van der Waals surface area contributed by atoms with Crippen molar-refractivity contribution >= 4 is 0 Å². The lowest BCUT2D eigenvalue weighted by molar-refractivity contribution is 1.02. The number of nitrogens with zero attached hydrogens (tertiary/aromatic N) is 4. The van der Waals surface area contributed by atoms with E-state index in [1.54, 1.807) is 12.4 Å². The number of aromatic nitrogens is 5. The van der Waals surface area contributed by atoms with Crippen LogP contribution in [0.25, 0.3) is 11.4 Å². The van der Waals surface area contributed by atoms with Crippen molar-refractivity contribution in [3.05, 3.63) is 24.3 Å². The highest BCUT2D eigenvalue weighted by Crippen LogP contribution is 2.10. The molecule has 0 amide bonds. The molecular weight excluding hydrogens is 154 g/mol. The van der Waals surface area contributed by atoms with Gasteiger partial charge in [-0.1, -0.05) is 0 Å². The Labute approximate surface area is 68.9 Å². The second kappa shape index (κ2) is 2.69. The molecule has 0 aromatic carbocycles. The van der Waals surface area contributed by atoms with Crippen molar-refractivity contribution in [2.24, 2.45) is 0 Å². The second-order valence-electron chi connectivity index (χ2n) is 2.38. The Hall–Kier alpha value is -1.78. The fourth-order valence-electron chi connectivity index (χ4n) is 0.895. The number of aromatic amines is 1. The van der Waals surface area contributed by atoms with E-state index < -0.39 is 0 Å². The maximum absolute atomic E-state index is 4.15. The van der Waals surface area contributed by atoms with Gasteiger partial charge < -0.3 is 0 Å². The molecule has 2 aromatic rings. The van der Waals surface area contributed by atoms with Crippen LogP contribution in [0.3, 0.4) is 0 Å². The molecular formula is C7H7N5. The molecule has 2 aromatic heterocycles. The maximum Gasteiger partial charge on any atom is 0.182 e. The number of nitrogens with one attached hydrogen (secondary N) is 1. The van der Waals surface area contributed by atoms with Crippen LogP contribution in [0.5, 0.6) is 0 Å². The van der Waals surface area contributed by atoms with Gasteiger partial charge in [-0.05, 0) is 13.0 Å². The lowest BCUT2D eigenvalue weighted by Crippen LogP contribution is -1.83. The first kappa shape index (κ1) is 6.90. The molecule has 0 saturated heterocycles. The Balaban J connectivity index is 2.45. The monoisotopic (exact) mass is 161 g/mol. The molecule has 0 aliphatic carbocycles. The molecule has 0 radical (unpaired) electrons. The largest absolute Gasteiger partial charge is 0.263 e. The van der Waals surface area contributed by atoms with Crippen LogP contribution < -0.4 is 0 Å². The number of hydrogen-bond acceptors (Lipinski definition) is 4. The van der Waals surface area contributed by atoms with Gasteiger partial charge in [-0.3, -0.25) is 5.10 Å². The summed E-state index contributed by atoms with van der Waals surface area (Å²) in [6.45, 7) is 1.85. The zero-order valence-electron chi connectivity index (χ0n) is 6.52. The fourth-order valence-corrected chi connectivity index (χ4v) is 0.895. The predicted octanol–water partition coefficient (Wildman–Crippen LogP) is 0.570. The molecule has 0 fully saturated rings. The van der Waals surface area contributed by atoms with Crippen molar-refractivity contribution < 1.29 is 0 Å². The van der Waals surface area contributed by atoms with Gasteiger partial charge in [0.1, 0.15) is 5.82 Å². The highest BCUT2D eigenvalue weighted by molar-refractivity contribution is 5.51. The molecule has 0 aliphatic heterocycles. The minimum Gasteiger partial charge on any atom is -0.263 e. The average molecular weight is 161 g/mol. The first-order valence-electron chi connectivity index (χ1n) is 3.52. The van der Waals surface area contributed by atoms with Crippen LogP contribution in [0.4, 0.5) is 0 Å². The zero-order chi connectivity index (χ0) is 8.39. The third-order valence-electron chi connectivity index (χ3n) is 1.44. The van der Waals surface area contributed by atoms with Gasteiger partial charge in [0.2, 0.25) is 0 Å². The molecule has 0 bridgehead atoms. The summed E-state index contributed by atoms with van der Waals surface area (Å²) in [7, 11) is 0. The van der Waals surface area contributed by atoms with E-state index in [1.807, 2.05) is 13.0 Å². The molecule has 0 spiro atoms. The SMILES string of the molecule is Cc1nc(-c2ccnnc2)n[nH]1. The van der Waals surface area contributed by atoms with Gasteiger partial charge >= 0.3 is 0 Å². The number of aryl methyl sites for hydroxylation is 1. The summed E-state index contributed by atoms with van der Waals surface area (Å²) in [5.41, 5.74) is 0.870. The summed E-state index contributed by atoms with van der Waals surface area (Å²) in [6.07, 6.45) is 3.24. The normalized spacial score (nSPS) is 10.1. The molecule has 2 heterocycles. The van der Waals surface area contributed by atoms with Crippen molar-refractivity contribution in [1.82, 2.24) is 25.4 Å². The topological polar surface area (TPSA) is 67.3 Å². The molecule has 5 heteroatoms. The number of H-pyrrole nitrogens is 1. The maximum atomic E-state index is 4.15. The van der Waals surface area contributed by atoms with E-state index in [0.717, 1.165) is 11.4 Å². The van der Waals surface area contributed by atoms with Gasteiger partial charge in [0.05, 0.1) is 12.4 Å². The molecule has 2 rings (SSSR count). The summed E-state index contributed by atoms with van der Waals surface area (Å²) in [4.78, 5) is 4.15. The summed E-state index contributed by atoms with van der Waals surface area (Å²) >= 11 is 0. The van der Waals surface area contributed by atoms with E-state index in [-0.39, 0.29) is 0 Å². The van der Waals surface area contributed by atoms with Crippen LogP contribution in [0.1, 0.15) is 5.82 Å². The summed E-state index contributed by atoms with van der Waals surface area (Å²) in [6, 6.07) is 1.82. The lowest BCUT2D eigenvalue weighted by atomic mass is 10.3. The Morgan fingerprint density at radius 3 is 2.83 bits per heavy atom. The van der Waals surface area contributed by atoms with E-state index in [9.17, 15) is 0 Å². The van der Waals surface area contributed by atoms with Gasteiger partial charge in [0.25, 0.3) is 0 Å². The average Bonchev–Trinajstić information content (AvgIpc) is 2.54. The smallest absolute Gasteiger partial charge is 0.182 e. The Morgan fingerprint density at radius 1 is 1.33 bits per heavy atom. The molecule has 5 nitrogen and oxygen atoms in total. The predicted molar refractivity (Wildman–Crippen MR) is 42.1 cm³/mol. The molecule has 0 unspecified atom stereocenters. The third-order valence-corrected chi connectivity index (χ3v) is 1.44. The first-order valence-corrected chi connectivity index (χ1v) is 3.52. The van der Waals surface area contributed by atoms with E-state index in [4.69, 9.17) is 0 Å². The van der Waals surface area contributed by atoms with Crippen molar-refractivity contribution in [1.29, 1.82) is 0 Å². The number of rotatable bonds is 1. The highest BCUT2D eigenvalue weighted by Gasteiger charge is 2.01. The summed E-state index contributed by atoms with van der Waals surface area (Å²) in [5, 5.41) is 14.1. The molecule has 0 atom stereocenters. The van der Waals surface area contributed by atoms with Crippen molar-refractivity contribution in [3.8, 4) is 11.4 Å². The molecule has 12 heavy (non-hydrogen) atoms. The Kier molecular flexibility index (Phi) is 1.55. The minimum absolute atomic E-state index is 0.655. The van der Waals surface area contributed by atoms with Crippen LogP contribution in [0, 0.1) is 6.92 Å². The Bertz CT molecular complexity index is 366. The fraction of sp³-hybridized carbons (Fsp3) is 0.143. The molecule has 60 valence electrons.